The molecule has 1 aliphatic rings. The number of aliphatic carboxylic acids is 1. The minimum Gasteiger partial charge on any atom is -0.496 e. The Labute approximate surface area is 216 Å². The molecule has 5 rings (SSSR count). The lowest BCUT2D eigenvalue weighted by atomic mass is 9.95. The second kappa shape index (κ2) is 10.4. The van der Waals surface area contributed by atoms with Crippen molar-refractivity contribution in [1.29, 1.82) is 0 Å². The van der Waals surface area contributed by atoms with E-state index in [1.807, 2.05) is 36.4 Å². The third kappa shape index (κ3) is 4.70. The van der Waals surface area contributed by atoms with Gasteiger partial charge in [0, 0.05) is 23.1 Å². The van der Waals surface area contributed by atoms with Crippen molar-refractivity contribution in [3.63, 3.8) is 0 Å². The molecule has 38 heavy (non-hydrogen) atoms. The summed E-state index contributed by atoms with van der Waals surface area (Å²) in [5.74, 6) is -3.35. The van der Waals surface area contributed by atoms with Crippen LogP contribution in [0, 0.1) is 11.6 Å². The zero-order valence-electron chi connectivity index (χ0n) is 20.3. The molecule has 2 N–H and O–H groups in total. The first-order valence-electron chi connectivity index (χ1n) is 11.8. The zero-order chi connectivity index (χ0) is 26.8. The maximum Gasteiger partial charge on any atom is 0.326 e. The molecular formula is C29H23F2NO6. The molecule has 0 bridgehead atoms. The molecule has 0 aliphatic carbocycles. The normalized spacial score (nSPS) is 13.1. The third-order valence-corrected chi connectivity index (χ3v) is 6.35. The van der Waals surface area contributed by atoms with Gasteiger partial charge in [0.1, 0.15) is 42.2 Å². The van der Waals surface area contributed by atoms with E-state index in [4.69, 9.17) is 14.2 Å². The van der Waals surface area contributed by atoms with Gasteiger partial charge in [-0.25, -0.2) is 13.6 Å². The fourth-order valence-corrected chi connectivity index (χ4v) is 4.53. The van der Waals surface area contributed by atoms with Crippen LogP contribution in [0.25, 0.3) is 21.9 Å². The average Bonchev–Trinajstić information content (AvgIpc) is 2.92. The number of ether oxygens (including phenoxy) is 3. The molecule has 9 heteroatoms. The summed E-state index contributed by atoms with van der Waals surface area (Å²) >= 11 is 0. The monoisotopic (exact) mass is 519 g/mol. The Morgan fingerprint density at radius 2 is 1.58 bits per heavy atom. The lowest BCUT2D eigenvalue weighted by Crippen LogP contribution is -2.43. The highest BCUT2D eigenvalue weighted by Crippen LogP contribution is 2.46. The first kappa shape index (κ1) is 25.0. The van der Waals surface area contributed by atoms with Gasteiger partial charge < -0.3 is 24.6 Å². The van der Waals surface area contributed by atoms with E-state index in [9.17, 15) is 23.5 Å². The Balaban J connectivity index is 1.51. The topological polar surface area (TPSA) is 94.1 Å². The van der Waals surface area contributed by atoms with Gasteiger partial charge in [-0.1, -0.05) is 36.4 Å². The molecule has 0 saturated carbocycles. The summed E-state index contributed by atoms with van der Waals surface area (Å²) in [7, 11) is 1.57. The molecule has 1 aliphatic heterocycles. The molecule has 0 radical (unpaired) electrons. The summed E-state index contributed by atoms with van der Waals surface area (Å²) in [6.45, 7) is 0.522. The fourth-order valence-electron chi connectivity index (χ4n) is 4.53. The molecule has 1 atom stereocenters. The fraction of sp³-hybridized carbons (Fsp3) is 0.172. The van der Waals surface area contributed by atoms with Crippen LogP contribution < -0.4 is 19.5 Å². The number of amides is 1. The summed E-state index contributed by atoms with van der Waals surface area (Å²) in [4.78, 5) is 24.6. The molecule has 4 aromatic rings. The van der Waals surface area contributed by atoms with E-state index < -0.39 is 35.1 Å². The van der Waals surface area contributed by atoms with Crippen LogP contribution in [-0.4, -0.2) is 43.3 Å². The van der Waals surface area contributed by atoms with Gasteiger partial charge in [-0.05, 0) is 41.1 Å². The molecular weight excluding hydrogens is 496 g/mol. The number of carboxylic acids is 1. The molecule has 1 unspecified atom stereocenters. The zero-order valence-corrected chi connectivity index (χ0v) is 20.3. The summed E-state index contributed by atoms with van der Waals surface area (Å²) in [5, 5.41) is 14.0. The van der Waals surface area contributed by atoms with Crippen molar-refractivity contribution in [3.8, 4) is 28.4 Å². The van der Waals surface area contributed by atoms with Crippen molar-refractivity contribution >= 4 is 22.6 Å². The van der Waals surface area contributed by atoms with Crippen molar-refractivity contribution in [2.75, 3.05) is 20.3 Å². The smallest absolute Gasteiger partial charge is 0.326 e. The lowest BCUT2D eigenvalue weighted by molar-refractivity contribution is -0.139. The number of carbonyl (C=O) groups is 2. The number of carbonyl (C=O) groups excluding carboxylic acids is 1. The maximum atomic E-state index is 14.1. The number of hydrogen-bond donors (Lipinski definition) is 2. The first-order chi connectivity index (χ1) is 18.4. The Morgan fingerprint density at radius 1 is 0.921 bits per heavy atom. The van der Waals surface area contributed by atoms with Crippen LogP contribution in [-0.2, 0) is 11.2 Å². The molecule has 194 valence electrons. The molecule has 0 saturated heterocycles. The van der Waals surface area contributed by atoms with Gasteiger partial charge in [0.05, 0.1) is 7.11 Å². The predicted octanol–water partition coefficient (Wildman–Crippen LogP) is 4.99. The quantitative estimate of drug-likeness (QED) is 0.357. The summed E-state index contributed by atoms with van der Waals surface area (Å²) < 4.78 is 45.7. The summed E-state index contributed by atoms with van der Waals surface area (Å²) in [6.07, 6.45) is -0.210. The molecule has 1 amide bonds. The van der Waals surface area contributed by atoms with Gasteiger partial charge in [-0.2, -0.15) is 0 Å². The Kier molecular flexibility index (Phi) is 6.83. The highest BCUT2D eigenvalue weighted by atomic mass is 19.1. The van der Waals surface area contributed by atoms with Gasteiger partial charge in [0.2, 0.25) is 0 Å². The van der Waals surface area contributed by atoms with Crippen LogP contribution in [0.5, 0.6) is 17.2 Å². The number of nitrogens with one attached hydrogen (secondary N) is 1. The van der Waals surface area contributed by atoms with Crippen molar-refractivity contribution < 1.29 is 37.7 Å². The molecule has 0 aromatic heterocycles. The first-order valence-corrected chi connectivity index (χ1v) is 11.8. The maximum absolute atomic E-state index is 14.1. The summed E-state index contributed by atoms with van der Waals surface area (Å²) in [5.41, 5.74) is 1.05. The van der Waals surface area contributed by atoms with Gasteiger partial charge in [-0.15, -0.1) is 0 Å². The number of halogens is 2. The molecule has 0 spiro atoms. The number of methoxy groups -OCH3 is 1. The van der Waals surface area contributed by atoms with E-state index >= 15 is 0 Å². The highest BCUT2D eigenvalue weighted by Gasteiger charge is 2.29. The van der Waals surface area contributed by atoms with E-state index in [2.05, 4.69) is 5.32 Å². The molecule has 0 fully saturated rings. The van der Waals surface area contributed by atoms with E-state index in [1.54, 1.807) is 19.2 Å². The minimum atomic E-state index is -1.49. The van der Waals surface area contributed by atoms with Crippen LogP contribution >= 0.6 is 0 Å². The van der Waals surface area contributed by atoms with E-state index in [1.165, 1.54) is 0 Å². The number of rotatable bonds is 7. The van der Waals surface area contributed by atoms with Crippen LogP contribution in [0.1, 0.15) is 15.9 Å². The minimum absolute atomic E-state index is 0.210. The number of benzene rings is 4. The molecule has 7 nitrogen and oxygen atoms in total. The van der Waals surface area contributed by atoms with Crippen LogP contribution in [0.2, 0.25) is 0 Å². The van der Waals surface area contributed by atoms with Gasteiger partial charge in [-0.3, -0.25) is 4.79 Å². The van der Waals surface area contributed by atoms with Crippen molar-refractivity contribution in [2.45, 2.75) is 12.5 Å². The number of fused-ring (bicyclic) bond motifs is 2. The average molecular weight is 520 g/mol. The predicted molar refractivity (Wildman–Crippen MR) is 136 cm³/mol. The van der Waals surface area contributed by atoms with E-state index in [0.717, 1.165) is 34.5 Å². The van der Waals surface area contributed by atoms with Crippen LogP contribution in [0.15, 0.2) is 66.7 Å². The molecule has 4 aromatic carbocycles. The standard InChI is InChI=1S/C29H23F2NO6/c1-36-24-15-17-6-3-2-5-16(17)13-20(24)19-10-9-18(26-27(19)38-12-11-37-26)14-23(29(34)35)32-28(33)25-21(30)7-4-8-22(25)31/h2-10,13,15,23H,11-12,14H2,1H3,(H,32,33)(H,34,35). The Morgan fingerprint density at radius 3 is 2.24 bits per heavy atom. The SMILES string of the molecule is COc1cc2ccccc2cc1-c1ccc(CC(NC(=O)c2c(F)cccc2F)C(=O)O)c2c1OCCO2. The van der Waals surface area contributed by atoms with Gasteiger partial charge >= 0.3 is 5.97 Å². The third-order valence-electron chi connectivity index (χ3n) is 6.35. The molecule has 1 heterocycles. The number of hydrogen-bond acceptors (Lipinski definition) is 5. The largest absolute Gasteiger partial charge is 0.496 e. The van der Waals surface area contributed by atoms with Gasteiger partial charge in [0.15, 0.2) is 11.5 Å². The second-order valence-electron chi connectivity index (χ2n) is 8.69. The van der Waals surface area contributed by atoms with Crippen LogP contribution in [0.4, 0.5) is 8.78 Å². The van der Waals surface area contributed by atoms with Crippen molar-refractivity contribution in [1.82, 2.24) is 5.32 Å². The Hall–Kier alpha value is -4.66. The highest BCUT2D eigenvalue weighted by molar-refractivity contribution is 5.97. The second-order valence-corrected chi connectivity index (χ2v) is 8.69. The van der Waals surface area contributed by atoms with E-state index in [-0.39, 0.29) is 19.6 Å². The lowest BCUT2D eigenvalue weighted by Gasteiger charge is -2.25. The van der Waals surface area contributed by atoms with Crippen LogP contribution in [0.3, 0.4) is 0 Å². The number of carboxylic acid groups (broad SMARTS) is 1. The Bertz CT molecular complexity index is 1530. The van der Waals surface area contributed by atoms with Crippen molar-refractivity contribution in [2.24, 2.45) is 0 Å². The van der Waals surface area contributed by atoms with Crippen molar-refractivity contribution in [3.05, 3.63) is 89.5 Å². The summed E-state index contributed by atoms with van der Waals surface area (Å²) in [6, 6.07) is 16.7. The van der Waals surface area contributed by atoms with E-state index in [0.29, 0.717) is 28.4 Å². The van der Waals surface area contributed by atoms with Gasteiger partial charge in [0.25, 0.3) is 5.91 Å².